The Morgan fingerprint density at radius 1 is 1.50 bits per heavy atom. The van der Waals surface area contributed by atoms with Crippen molar-refractivity contribution in [3.05, 3.63) is 18.1 Å². The minimum atomic E-state index is -0.278. The summed E-state index contributed by atoms with van der Waals surface area (Å²) in [5, 5.41) is 10.8. The zero-order valence-corrected chi connectivity index (χ0v) is 12.5. The van der Waals surface area contributed by atoms with Gasteiger partial charge in [0.05, 0.1) is 17.1 Å². The van der Waals surface area contributed by atoms with E-state index in [-0.39, 0.29) is 11.2 Å². The van der Waals surface area contributed by atoms with Gasteiger partial charge < -0.3 is 14.2 Å². The molecule has 0 aromatic carbocycles. The monoisotopic (exact) mass is 295 g/mol. The molecule has 0 radical (unpaired) electrons. The van der Waals surface area contributed by atoms with Crippen LogP contribution in [0.3, 0.4) is 0 Å². The number of thioether (sulfide) groups is 1. The Balaban J connectivity index is 1.99. The fourth-order valence-corrected chi connectivity index (χ4v) is 2.28. The summed E-state index contributed by atoms with van der Waals surface area (Å²) >= 11 is 1.24. The average molecular weight is 295 g/mol. The summed E-state index contributed by atoms with van der Waals surface area (Å²) < 4.78 is 10.7. The van der Waals surface area contributed by atoms with E-state index >= 15 is 0 Å². The van der Waals surface area contributed by atoms with Crippen molar-refractivity contribution < 1.29 is 13.6 Å². The second-order valence-electron chi connectivity index (χ2n) is 4.31. The summed E-state index contributed by atoms with van der Waals surface area (Å²) in [7, 11) is 0. The number of rotatable bonds is 6. The number of furan rings is 1. The minimum Gasteiger partial charge on any atom is -0.469 e. The van der Waals surface area contributed by atoms with Crippen molar-refractivity contribution in [2.24, 2.45) is 0 Å². The van der Waals surface area contributed by atoms with Crippen molar-refractivity contribution in [3.63, 3.8) is 0 Å². The predicted octanol–water partition coefficient (Wildman–Crippen LogP) is 2.64. The van der Waals surface area contributed by atoms with Crippen molar-refractivity contribution in [3.8, 4) is 11.5 Å². The third-order valence-corrected chi connectivity index (χ3v) is 3.63. The second kappa shape index (κ2) is 6.60. The quantitative estimate of drug-likeness (QED) is 0.825. The number of hydrogen-bond acceptors (Lipinski definition) is 6. The largest absolute Gasteiger partial charge is 0.469 e. The number of carbonyl (C=O) groups is 1. The van der Waals surface area contributed by atoms with Gasteiger partial charge in [-0.2, -0.15) is 0 Å². The summed E-state index contributed by atoms with van der Waals surface area (Å²) in [6.07, 6.45) is 2.48. The molecule has 0 bridgehead atoms. The first-order valence-corrected chi connectivity index (χ1v) is 7.32. The van der Waals surface area contributed by atoms with Gasteiger partial charge in [0.15, 0.2) is 0 Å². The number of nitrogens with zero attached hydrogens (tertiary/aromatic N) is 2. The second-order valence-corrected chi connectivity index (χ2v) is 5.61. The van der Waals surface area contributed by atoms with E-state index in [1.807, 2.05) is 20.8 Å². The fourth-order valence-electron chi connectivity index (χ4n) is 1.57. The highest BCUT2D eigenvalue weighted by molar-refractivity contribution is 8.00. The molecule has 2 heterocycles. The van der Waals surface area contributed by atoms with Crippen LogP contribution in [0.25, 0.3) is 11.5 Å². The molecule has 2 rings (SSSR count). The molecular weight excluding hydrogens is 278 g/mol. The summed E-state index contributed by atoms with van der Waals surface area (Å²) in [5.41, 5.74) is 0.771. The molecule has 2 aromatic heterocycles. The summed E-state index contributed by atoms with van der Waals surface area (Å²) in [6, 6.07) is 1.77. The molecule has 1 N–H and O–H groups in total. The lowest BCUT2D eigenvalue weighted by molar-refractivity contribution is -0.120. The van der Waals surface area contributed by atoms with Crippen molar-refractivity contribution in [2.75, 3.05) is 6.54 Å². The molecule has 0 aliphatic rings. The molecule has 108 valence electrons. The molecule has 0 saturated heterocycles. The van der Waals surface area contributed by atoms with Crippen LogP contribution in [-0.2, 0) is 4.79 Å². The van der Waals surface area contributed by atoms with Crippen LogP contribution in [0.2, 0.25) is 0 Å². The first kappa shape index (κ1) is 14.6. The summed E-state index contributed by atoms with van der Waals surface area (Å²) in [5.74, 6) is 1.09. The van der Waals surface area contributed by atoms with Crippen molar-refractivity contribution in [1.29, 1.82) is 0 Å². The smallest absolute Gasteiger partial charge is 0.277 e. The average Bonchev–Trinajstić information content (AvgIpc) is 3.04. The van der Waals surface area contributed by atoms with E-state index in [4.69, 9.17) is 8.83 Å². The van der Waals surface area contributed by atoms with Crippen LogP contribution < -0.4 is 5.32 Å². The van der Waals surface area contributed by atoms with Gasteiger partial charge in [0.1, 0.15) is 5.76 Å². The van der Waals surface area contributed by atoms with Crippen LogP contribution in [0.4, 0.5) is 0 Å². The topological polar surface area (TPSA) is 81.2 Å². The Bertz CT molecular complexity index is 579. The third-order valence-electron chi connectivity index (χ3n) is 2.69. The van der Waals surface area contributed by atoms with E-state index < -0.39 is 0 Å². The Labute approximate surface area is 121 Å². The van der Waals surface area contributed by atoms with Crippen molar-refractivity contribution >= 4 is 17.7 Å². The van der Waals surface area contributed by atoms with E-state index in [1.165, 1.54) is 11.8 Å². The van der Waals surface area contributed by atoms with Crippen LogP contribution in [0, 0.1) is 6.92 Å². The highest BCUT2D eigenvalue weighted by atomic mass is 32.2. The van der Waals surface area contributed by atoms with E-state index in [1.54, 1.807) is 12.3 Å². The number of nitrogens with one attached hydrogen (secondary N) is 1. The molecule has 0 unspecified atom stereocenters. The van der Waals surface area contributed by atoms with Gasteiger partial charge in [0.2, 0.25) is 5.91 Å². The number of aryl methyl sites for hydroxylation is 1. The number of aromatic nitrogens is 2. The predicted molar refractivity (Wildman–Crippen MR) is 75.4 cm³/mol. The van der Waals surface area contributed by atoms with Gasteiger partial charge in [-0.05, 0) is 26.3 Å². The summed E-state index contributed by atoms with van der Waals surface area (Å²) in [6.45, 7) is 6.32. The van der Waals surface area contributed by atoms with Gasteiger partial charge in [-0.15, -0.1) is 10.2 Å². The van der Waals surface area contributed by atoms with Gasteiger partial charge in [0.25, 0.3) is 11.1 Å². The molecule has 0 fully saturated rings. The molecular formula is C13H17N3O3S. The maximum absolute atomic E-state index is 11.8. The van der Waals surface area contributed by atoms with E-state index in [0.29, 0.717) is 17.7 Å². The molecule has 20 heavy (non-hydrogen) atoms. The molecule has 0 saturated carbocycles. The molecule has 6 nitrogen and oxygen atoms in total. The highest BCUT2D eigenvalue weighted by Gasteiger charge is 2.19. The Morgan fingerprint density at radius 2 is 2.30 bits per heavy atom. The van der Waals surface area contributed by atoms with Crippen molar-refractivity contribution in [2.45, 2.75) is 37.7 Å². The first-order chi connectivity index (χ1) is 9.61. The van der Waals surface area contributed by atoms with Gasteiger partial charge in [-0.25, -0.2) is 0 Å². The standard InChI is InChI=1S/C13H17N3O3S/c1-4-6-14-11(17)9(3)20-13-16-15-12(19-13)10-5-7-18-8(10)2/h5,7,9H,4,6H2,1-3H3,(H,14,17)/t9-/m0/s1. The van der Waals surface area contributed by atoms with Gasteiger partial charge in [0, 0.05) is 6.54 Å². The fraction of sp³-hybridized carbons (Fsp3) is 0.462. The van der Waals surface area contributed by atoms with Crippen LogP contribution >= 0.6 is 11.8 Å². The van der Waals surface area contributed by atoms with Gasteiger partial charge in [-0.1, -0.05) is 18.7 Å². The number of amides is 1. The summed E-state index contributed by atoms with van der Waals surface area (Å²) in [4.78, 5) is 11.8. The molecule has 1 amide bonds. The van der Waals surface area contributed by atoms with Crippen LogP contribution in [-0.4, -0.2) is 27.9 Å². The minimum absolute atomic E-state index is 0.0314. The molecule has 0 aliphatic carbocycles. The van der Waals surface area contributed by atoms with Crippen LogP contribution in [0.5, 0.6) is 0 Å². The third kappa shape index (κ3) is 3.41. The Morgan fingerprint density at radius 3 is 2.95 bits per heavy atom. The van der Waals surface area contributed by atoms with Gasteiger partial charge >= 0.3 is 0 Å². The Kier molecular flexibility index (Phi) is 4.84. The molecule has 7 heteroatoms. The molecule has 0 aliphatic heterocycles. The number of carbonyl (C=O) groups excluding carboxylic acids is 1. The lowest BCUT2D eigenvalue weighted by Gasteiger charge is -2.08. The maximum Gasteiger partial charge on any atom is 0.277 e. The molecule has 1 atom stereocenters. The Hall–Kier alpha value is -1.76. The normalized spacial score (nSPS) is 12.3. The molecule has 2 aromatic rings. The van der Waals surface area contributed by atoms with Gasteiger partial charge in [-0.3, -0.25) is 4.79 Å². The first-order valence-electron chi connectivity index (χ1n) is 6.44. The highest BCUT2D eigenvalue weighted by Crippen LogP contribution is 2.28. The zero-order chi connectivity index (χ0) is 14.5. The SMILES string of the molecule is CCCNC(=O)[C@H](C)Sc1nnc(-c2ccoc2C)o1. The lowest BCUT2D eigenvalue weighted by Crippen LogP contribution is -2.31. The van der Waals surface area contributed by atoms with Crippen molar-refractivity contribution in [1.82, 2.24) is 15.5 Å². The van der Waals surface area contributed by atoms with E-state index in [0.717, 1.165) is 17.7 Å². The van der Waals surface area contributed by atoms with E-state index in [2.05, 4.69) is 15.5 Å². The van der Waals surface area contributed by atoms with Crippen LogP contribution in [0.1, 0.15) is 26.0 Å². The number of hydrogen-bond donors (Lipinski definition) is 1. The lowest BCUT2D eigenvalue weighted by atomic mass is 10.3. The maximum atomic E-state index is 11.8. The molecule has 0 spiro atoms. The van der Waals surface area contributed by atoms with E-state index in [9.17, 15) is 4.79 Å². The zero-order valence-electron chi connectivity index (χ0n) is 11.7. The van der Waals surface area contributed by atoms with Crippen LogP contribution in [0.15, 0.2) is 26.4 Å².